The highest BCUT2D eigenvalue weighted by Gasteiger charge is 2.31. The van der Waals surface area contributed by atoms with E-state index >= 15 is 0 Å². The highest BCUT2D eigenvalue weighted by molar-refractivity contribution is 7.89. The Labute approximate surface area is 162 Å². The van der Waals surface area contributed by atoms with E-state index in [0.29, 0.717) is 43.0 Å². The van der Waals surface area contributed by atoms with Gasteiger partial charge in [0.25, 0.3) is 5.91 Å². The first-order chi connectivity index (χ1) is 12.9. The van der Waals surface area contributed by atoms with Crippen LogP contribution in [-0.4, -0.2) is 51.4 Å². The van der Waals surface area contributed by atoms with Crippen LogP contribution in [0.15, 0.2) is 29.2 Å². The average Bonchev–Trinajstić information content (AvgIpc) is 3.14. The van der Waals surface area contributed by atoms with Crippen molar-refractivity contribution in [1.29, 1.82) is 0 Å². The maximum absolute atomic E-state index is 12.9. The van der Waals surface area contributed by atoms with Crippen LogP contribution >= 0.6 is 0 Å². The van der Waals surface area contributed by atoms with Gasteiger partial charge in [-0.3, -0.25) is 4.79 Å². The van der Waals surface area contributed by atoms with Crippen LogP contribution in [-0.2, 0) is 10.0 Å². The van der Waals surface area contributed by atoms with Gasteiger partial charge in [0.2, 0.25) is 10.0 Å². The summed E-state index contributed by atoms with van der Waals surface area (Å²) in [6, 6.07) is 6.32. The van der Waals surface area contributed by atoms with Gasteiger partial charge in [0, 0.05) is 25.2 Å². The first-order valence-corrected chi connectivity index (χ1v) is 11.4. The van der Waals surface area contributed by atoms with Crippen molar-refractivity contribution in [2.24, 2.45) is 17.8 Å². The van der Waals surface area contributed by atoms with E-state index in [1.807, 2.05) is 0 Å². The van der Waals surface area contributed by atoms with Crippen LogP contribution in [0.4, 0.5) is 0 Å². The number of hydrogen-bond acceptors (Lipinski definition) is 4. The number of carbonyl (C=O) groups excluding carboxylic acids is 1. The van der Waals surface area contributed by atoms with Crippen molar-refractivity contribution < 1.29 is 13.2 Å². The zero-order chi connectivity index (χ0) is 19.4. The molecule has 7 heteroatoms. The zero-order valence-electron chi connectivity index (χ0n) is 16.3. The summed E-state index contributed by atoms with van der Waals surface area (Å²) in [6.45, 7) is 8.03. The molecule has 150 valence electrons. The third kappa shape index (κ3) is 5.09. The van der Waals surface area contributed by atoms with Gasteiger partial charge in [-0.15, -0.1) is 0 Å². The number of nitrogens with zero attached hydrogens (tertiary/aromatic N) is 1. The molecule has 27 heavy (non-hydrogen) atoms. The second-order valence-corrected chi connectivity index (χ2v) is 10.1. The molecule has 0 aliphatic carbocycles. The van der Waals surface area contributed by atoms with E-state index in [0.717, 1.165) is 32.4 Å². The van der Waals surface area contributed by atoms with Gasteiger partial charge < -0.3 is 10.6 Å². The molecule has 3 atom stereocenters. The fourth-order valence-corrected chi connectivity index (χ4v) is 5.86. The van der Waals surface area contributed by atoms with Gasteiger partial charge in [-0.05, 0) is 74.4 Å². The maximum atomic E-state index is 12.9. The Hall–Kier alpha value is -1.44. The van der Waals surface area contributed by atoms with Crippen molar-refractivity contribution >= 4 is 15.9 Å². The molecule has 2 fully saturated rings. The second kappa shape index (κ2) is 8.71. The summed E-state index contributed by atoms with van der Waals surface area (Å²) in [7, 11) is -3.50. The van der Waals surface area contributed by atoms with Crippen LogP contribution in [0.5, 0.6) is 0 Å². The summed E-state index contributed by atoms with van der Waals surface area (Å²) in [5.41, 5.74) is 0.499. The smallest absolute Gasteiger partial charge is 0.251 e. The molecule has 2 heterocycles. The molecule has 2 N–H and O–H groups in total. The Morgan fingerprint density at radius 1 is 1.19 bits per heavy atom. The number of benzene rings is 1. The van der Waals surface area contributed by atoms with Gasteiger partial charge >= 0.3 is 0 Å². The largest absolute Gasteiger partial charge is 0.352 e. The second-order valence-electron chi connectivity index (χ2n) is 8.20. The van der Waals surface area contributed by atoms with Gasteiger partial charge in [0.15, 0.2) is 0 Å². The van der Waals surface area contributed by atoms with E-state index in [1.54, 1.807) is 28.6 Å². The predicted octanol–water partition coefficient (Wildman–Crippen LogP) is 2.08. The highest BCUT2D eigenvalue weighted by Crippen LogP contribution is 2.26. The molecule has 3 rings (SSSR count). The van der Waals surface area contributed by atoms with Crippen LogP contribution < -0.4 is 10.6 Å². The van der Waals surface area contributed by atoms with Gasteiger partial charge in [0.05, 0.1) is 4.90 Å². The predicted molar refractivity (Wildman–Crippen MR) is 106 cm³/mol. The van der Waals surface area contributed by atoms with Crippen molar-refractivity contribution in [1.82, 2.24) is 14.9 Å². The Kier molecular flexibility index (Phi) is 6.55. The van der Waals surface area contributed by atoms with E-state index in [-0.39, 0.29) is 10.8 Å². The van der Waals surface area contributed by atoms with Crippen molar-refractivity contribution in [2.45, 2.75) is 38.0 Å². The number of piperidine rings is 1. The molecule has 0 aromatic heterocycles. The Balaban J connectivity index is 1.59. The number of hydrogen-bond donors (Lipinski definition) is 2. The van der Waals surface area contributed by atoms with Gasteiger partial charge in [-0.1, -0.05) is 13.8 Å². The highest BCUT2D eigenvalue weighted by atomic mass is 32.2. The lowest BCUT2D eigenvalue weighted by Gasteiger charge is -2.34. The fourth-order valence-electron chi connectivity index (χ4n) is 4.18. The average molecular weight is 394 g/mol. The van der Waals surface area contributed by atoms with Crippen LogP contribution in [0.3, 0.4) is 0 Å². The quantitative estimate of drug-likeness (QED) is 0.776. The molecule has 0 spiro atoms. The van der Waals surface area contributed by atoms with Crippen molar-refractivity contribution in [2.75, 3.05) is 32.7 Å². The summed E-state index contributed by atoms with van der Waals surface area (Å²) < 4.78 is 27.4. The number of carbonyl (C=O) groups is 1. The molecule has 1 amide bonds. The van der Waals surface area contributed by atoms with Gasteiger partial charge in [-0.2, -0.15) is 4.31 Å². The molecule has 2 aliphatic rings. The fraction of sp³-hybridized carbons (Fsp3) is 0.650. The Morgan fingerprint density at radius 3 is 2.44 bits per heavy atom. The summed E-state index contributed by atoms with van der Waals surface area (Å²) in [5, 5.41) is 6.25. The van der Waals surface area contributed by atoms with Crippen LogP contribution in [0, 0.1) is 17.8 Å². The van der Waals surface area contributed by atoms with Gasteiger partial charge in [-0.25, -0.2) is 8.42 Å². The summed E-state index contributed by atoms with van der Waals surface area (Å²) in [5.74, 6) is 1.21. The lowest BCUT2D eigenvalue weighted by atomic mass is 9.94. The summed E-state index contributed by atoms with van der Waals surface area (Å²) >= 11 is 0. The third-order valence-electron chi connectivity index (χ3n) is 5.59. The zero-order valence-corrected chi connectivity index (χ0v) is 17.1. The van der Waals surface area contributed by atoms with Crippen LogP contribution in [0.1, 0.15) is 43.5 Å². The molecular weight excluding hydrogens is 362 g/mol. The molecule has 0 radical (unpaired) electrons. The Morgan fingerprint density at radius 2 is 1.85 bits per heavy atom. The van der Waals surface area contributed by atoms with E-state index < -0.39 is 10.0 Å². The van der Waals surface area contributed by atoms with Crippen LogP contribution in [0.25, 0.3) is 0 Å². The summed E-state index contributed by atoms with van der Waals surface area (Å²) in [4.78, 5) is 12.5. The molecule has 0 saturated carbocycles. The minimum Gasteiger partial charge on any atom is -0.352 e. The minimum absolute atomic E-state index is 0.148. The first kappa shape index (κ1) is 20.3. The van der Waals surface area contributed by atoms with Crippen molar-refractivity contribution in [3.8, 4) is 0 Å². The van der Waals surface area contributed by atoms with E-state index in [1.165, 1.54) is 0 Å². The number of amides is 1. The van der Waals surface area contributed by atoms with Gasteiger partial charge in [0.1, 0.15) is 0 Å². The first-order valence-electron chi connectivity index (χ1n) is 9.95. The normalized spacial score (nSPS) is 26.8. The molecule has 3 unspecified atom stereocenters. The molecule has 2 saturated heterocycles. The minimum atomic E-state index is -3.50. The molecule has 1 aromatic rings. The number of nitrogens with one attached hydrogen (secondary N) is 2. The van der Waals surface area contributed by atoms with Crippen molar-refractivity contribution in [3.63, 3.8) is 0 Å². The topological polar surface area (TPSA) is 78.5 Å². The van der Waals surface area contributed by atoms with E-state index in [9.17, 15) is 13.2 Å². The monoisotopic (exact) mass is 393 g/mol. The maximum Gasteiger partial charge on any atom is 0.251 e. The molecule has 0 bridgehead atoms. The number of rotatable bonds is 6. The molecule has 6 nitrogen and oxygen atoms in total. The third-order valence-corrected chi connectivity index (χ3v) is 7.44. The number of sulfonamides is 1. The molecular formula is C20H31N3O3S. The van der Waals surface area contributed by atoms with E-state index in [4.69, 9.17) is 0 Å². The van der Waals surface area contributed by atoms with Crippen molar-refractivity contribution in [3.05, 3.63) is 29.8 Å². The SMILES string of the molecule is CC1CC(C)CN(S(=O)(=O)c2ccc(C(=O)NCCC3CCNC3)cc2)C1. The Bertz CT molecular complexity index is 732. The van der Waals surface area contributed by atoms with E-state index in [2.05, 4.69) is 24.5 Å². The van der Waals surface area contributed by atoms with Crippen LogP contribution in [0.2, 0.25) is 0 Å². The summed E-state index contributed by atoms with van der Waals surface area (Å²) in [6.07, 6.45) is 3.19. The molecule has 1 aromatic carbocycles. The standard InChI is InChI=1S/C20H31N3O3S/c1-15-11-16(2)14-23(13-15)27(25,26)19-5-3-18(4-6-19)20(24)22-10-8-17-7-9-21-12-17/h3-6,15-17,21H,7-14H2,1-2H3,(H,22,24). The lowest BCUT2D eigenvalue weighted by molar-refractivity contribution is 0.0951. The lowest BCUT2D eigenvalue weighted by Crippen LogP contribution is -2.42. The molecule has 2 aliphatic heterocycles.